The van der Waals surface area contributed by atoms with Gasteiger partial charge < -0.3 is 12.4 Å². The van der Waals surface area contributed by atoms with Crippen LogP contribution < -0.4 is 17.7 Å². The third-order valence-corrected chi connectivity index (χ3v) is 3.08. The van der Waals surface area contributed by atoms with Gasteiger partial charge in [-0.3, -0.25) is 20.2 Å². The average molecular weight is 342 g/mol. The molecule has 0 saturated heterocycles. The van der Waals surface area contributed by atoms with E-state index in [1.807, 2.05) is 5.32 Å². The minimum Gasteiger partial charge on any atom is -1.00 e. The minimum atomic E-state index is -0.513. The molecule has 0 amide bonds. The van der Waals surface area contributed by atoms with Crippen molar-refractivity contribution in [2.45, 2.75) is 6.42 Å². The Morgan fingerprint density at radius 2 is 2.09 bits per heavy atom. The van der Waals surface area contributed by atoms with Crippen molar-refractivity contribution in [1.29, 1.82) is 0 Å². The first-order valence-electron chi connectivity index (χ1n) is 6.28. The highest BCUT2D eigenvalue weighted by molar-refractivity contribution is 6.30. The second kappa shape index (κ2) is 8.43. The number of aromatic nitrogens is 1. The fourth-order valence-corrected chi connectivity index (χ4v) is 1.91. The lowest BCUT2D eigenvalue weighted by molar-refractivity contribution is -0.573. The summed E-state index contributed by atoms with van der Waals surface area (Å²) in [5.74, 6) is 0.607. The molecular formula is C14H13Cl2N3O3. The summed E-state index contributed by atoms with van der Waals surface area (Å²) in [5, 5.41) is 13.1. The Labute approximate surface area is 138 Å². The molecule has 1 aromatic heterocycles. The quantitative estimate of drug-likeness (QED) is 0.419. The van der Waals surface area contributed by atoms with Gasteiger partial charge in [-0.25, -0.2) is 4.98 Å². The number of pyridine rings is 1. The van der Waals surface area contributed by atoms with Gasteiger partial charge in [0.15, 0.2) is 5.78 Å². The van der Waals surface area contributed by atoms with Crippen LogP contribution in [0.5, 0.6) is 0 Å². The van der Waals surface area contributed by atoms with Crippen molar-refractivity contribution in [2.75, 3.05) is 6.54 Å². The number of hydrogen-bond donors (Lipinski definition) is 1. The number of benzene rings is 1. The molecule has 6 nitrogen and oxygen atoms in total. The number of ketones is 1. The first-order chi connectivity index (χ1) is 10.1. The molecule has 2 aromatic rings. The summed E-state index contributed by atoms with van der Waals surface area (Å²) >= 11 is 5.73. The molecule has 0 radical (unpaired) electrons. The van der Waals surface area contributed by atoms with E-state index in [9.17, 15) is 14.9 Å². The average Bonchev–Trinajstić information content (AvgIpc) is 2.49. The van der Waals surface area contributed by atoms with Crippen LogP contribution in [0.25, 0.3) is 0 Å². The normalized spacial score (nSPS) is 9.86. The van der Waals surface area contributed by atoms with Crippen LogP contribution in [-0.4, -0.2) is 22.2 Å². The lowest BCUT2D eigenvalue weighted by atomic mass is 10.1. The largest absolute Gasteiger partial charge is 1.00 e. The number of rotatable bonds is 6. The van der Waals surface area contributed by atoms with Gasteiger partial charge in [0, 0.05) is 23.8 Å². The van der Waals surface area contributed by atoms with Crippen LogP contribution in [0.15, 0.2) is 42.6 Å². The van der Waals surface area contributed by atoms with Gasteiger partial charge >= 0.3 is 0 Å². The maximum absolute atomic E-state index is 12.0. The van der Waals surface area contributed by atoms with Gasteiger partial charge in [0.25, 0.3) is 5.69 Å². The van der Waals surface area contributed by atoms with Gasteiger partial charge in [-0.2, -0.15) is 0 Å². The Kier molecular flexibility index (Phi) is 6.91. The number of non-ortho nitro benzene ring substituents is 1. The predicted octanol–water partition coefficient (Wildman–Crippen LogP) is -0.885. The lowest BCUT2D eigenvalue weighted by Gasteiger charge is -2.01. The maximum atomic E-state index is 12.0. The van der Waals surface area contributed by atoms with Crippen molar-refractivity contribution in [3.05, 3.63) is 63.3 Å². The molecule has 0 aliphatic rings. The highest BCUT2D eigenvalue weighted by Gasteiger charge is 2.12. The van der Waals surface area contributed by atoms with Gasteiger partial charge in [0.1, 0.15) is 0 Å². The molecule has 0 bridgehead atoms. The summed E-state index contributed by atoms with van der Waals surface area (Å²) in [4.78, 5) is 26.2. The fraction of sp³-hybridized carbons (Fsp3) is 0.143. The number of carbonyl (C=O) groups is 1. The number of hydrogen-bond acceptors (Lipinski definition) is 4. The van der Waals surface area contributed by atoms with Crippen LogP contribution in [0.2, 0.25) is 5.02 Å². The summed E-state index contributed by atoms with van der Waals surface area (Å²) in [6.07, 6.45) is 1.81. The number of Topliss-reactive ketones (excluding diaryl/α,β-unsaturated/α-hetero) is 1. The summed E-state index contributed by atoms with van der Waals surface area (Å²) in [5.41, 5.74) is 0.269. The third kappa shape index (κ3) is 5.07. The lowest BCUT2D eigenvalue weighted by Crippen LogP contribution is -3.00. The van der Waals surface area contributed by atoms with E-state index in [-0.39, 0.29) is 30.3 Å². The second-order valence-corrected chi connectivity index (χ2v) is 4.81. The molecular weight excluding hydrogens is 329 g/mol. The number of nitrogens with zero attached hydrogens (tertiary/aromatic N) is 2. The highest BCUT2D eigenvalue weighted by atomic mass is 35.5. The fourth-order valence-electron chi connectivity index (χ4n) is 1.80. The number of nitro benzene ring substituents is 1. The first kappa shape index (κ1) is 18.0. The molecule has 0 spiro atoms. The van der Waals surface area contributed by atoms with Crippen molar-refractivity contribution >= 4 is 28.9 Å². The monoisotopic (exact) mass is 341 g/mol. The molecule has 22 heavy (non-hydrogen) atoms. The summed E-state index contributed by atoms with van der Waals surface area (Å²) in [7, 11) is 0. The molecule has 0 atom stereocenters. The van der Waals surface area contributed by atoms with E-state index in [4.69, 9.17) is 11.6 Å². The Balaban J connectivity index is 0.00000242. The van der Waals surface area contributed by atoms with E-state index in [1.165, 1.54) is 24.4 Å². The Hall–Kier alpha value is -2.02. The molecule has 1 heterocycles. The molecule has 0 unspecified atom stereocenters. The zero-order valence-electron chi connectivity index (χ0n) is 11.4. The summed E-state index contributed by atoms with van der Waals surface area (Å²) in [6.45, 7) is 0.510. The molecule has 2 rings (SSSR count). The molecule has 0 saturated carbocycles. The van der Waals surface area contributed by atoms with E-state index in [1.54, 1.807) is 18.2 Å². The molecule has 0 aliphatic heterocycles. The van der Waals surface area contributed by atoms with Crippen LogP contribution in [0.1, 0.15) is 16.8 Å². The van der Waals surface area contributed by atoms with E-state index in [0.29, 0.717) is 17.1 Å². The number of nitrogens with two attached hydrogens (primary N) is 1. The molecule has 8 heteroatoms. The van der Waals surface area contributed by atoms with Crippen LogP contribution in [0.4, 0.5) is 11.5 Å². The Morgan fingerprint density at radius 3 is 2.73 bits per heavy atom. The molecule has 116 valence electrons. The van der Waals surface area contributed by atoms with E-state index in [2.05, 4.69) is 4.98 Å². The standard InChI is InChI=1S/C14H12ClN3O3.ClH/c15-11-4-5-14(17-9-11)16-7-6-13(19)10-2-1-3-12(8-10)18(20)21;/h1-5,8-9H,6-7H2,(H,16,17);1H. The van der Waals surface area contributed by atoms with Crippen LogP contribution in [-0.2, 0) is 0 Å². The van der Waals surface area contributed by atoms with Crippen molar-refractivity contribution < 1.29 is 27.4 Å². The van der Waals surface area contributed by atoms with E-state index >= 15 is 0 Å². The topological polar surface area (TPSA) is 89.7 Å². The summed E-state index contributed by atoms with van der Waals surface area (Å²) in [6, 6.07) is 9.23. The van der Waals surface area contributed by atoms with Gasteiger partial charge in [-0.05, 0) is 6.07 Å². The van der Waals surface area contributed by atoms with Crippen molar-refractivity contribution in [2.24, 2.45) is 0 Å². The molecule has 2 N–H and O–H groups in total. The third-order valence-electron chi connectivity index (χ3n) is 2.85. The number of carbonyl (C=O) groups excluding carboxylic acids is 1. The van der Waals surface area contributed by atoms with Gasteiger partial charge in [-0.15, -0.1) is 0 Å². The van der Waals surface area contributed by atoms with Gasteiger partial charge in [0.2, 0.25) is 5.82 Å². The number of nitro groups is 1. The highest BCUT2D eigenvalue weighted by Crippen LogP contribution is 2.14. The van der Waals surface area contributed by atoms with E-state index in [0.717, 1.165) is 5.82 Å². The maximum Gasteiger partial charge on any atom is 0.270 e. The van der Waals surface area contributed by atoms with E-state index < -0.39 is 4.92 Å². The molecule has 0 aliphatic carbocycles. The van der Waals surface area contributed by atoms with Crippen molar-refractivity contribution in [1.82, 2.24) is 4.98 Å². The molecule has 0 fully saturated rings. The van der Waals surface area contributed by atoms with Crippen LogP contribution in [0.3, 0.4) is 0 Å². The summed E-state index contributed by atoms with van der Waals surface area (Å²) < 4.78 is 0. The van der Waals surface area contributed by atoms with Crippen LogP contribution >= 0.6 is 11.6 Å². The Bertz CT molecular complexity index is 663. The zero-order chi connectivity index (χ0) is 15.2. The van der Waals surface area contributed by atoms with Gasteiger partial charge in [-0.1, -0.05) is 23.7 Å². The zero-order valence-corrected chi connectivity index (χ0v) is 12.9. The smallest absolute Gasteiger partial charge is 0.270 e. The first-order valence-corrected chi connectivity index (χ1v) is 6.66. The van der Waals surface area contributed by atoms with Gasteiger partial charge in [0.05, 0.1) is 29.1 Å². The number of quaternary nitrogens is 1. The Morgan fingerprint density at radius 1 is 1.32 bits per heavy atom. The minimum absolute atomic E-state index is 0. The van der Waals surface area contributed by atoms with Crippen LogP contribution in [0, 0.1) is 10.1 Å². The number of halogens is 2. The van der Waals surface area contributed by atoms with Crippen molar-refractivity contribution in [3.8, 4) is 0 Å². The predicted molar refractivity (Wildman–Crippen MR) is 77.7 cm³/mol. The SMILES string of the molecule is O=C(CC[NH2+]c1ccc(Cl)cn1)c1cccc([N+](=O)[O-])c1.[Cl-]. The van der Waals surface area contributed by atoms with Crippen molar-refractivity contribution in [3.63, 3.8) is 0 Å². The molecule has 1 aromatic carbocycles. The second-order valence-electron chi connectivity index (χ2n) is 4.37.